The Labute approximate surface area is 125 Å². The minimum atomic E-state index is -0.257. The van der Waals surface area contributed by atoms with E-state index >= 15 is 0 Å². The minimum Gasteiger partial charge on any atom is -0.404 e. The van der Waals surface area contributed by atoms with E-state index in [1.165, 1.54) is 4.88 Å². The molecule has 0 amide bonds. The number of hydrogen-bond acceptors (Lipinski definition) is 4. The lowest BCUT2D eigenvalue weighted by Gasteiger charge is -1.95. The Balaban J connectivity index is 1.78. The number of rotatable bonds is 2. The molecule has 0 spiro atoms. The number of hydrogen-bond donors (Lipinski definition) is 0. The molecular weight excluding hydrogens is 282 g/mol. The monoisotopic (exact) mass is 295 g/mol. The zero-order valence-corrected chi connectivity index (χ0v) is 12.2. The molecule has 3 aromatic rings. The zero-order chi connectivity index (χ0) is 14.2. The van der Waals surface area contributed by atoms with Crippen molar-refractivity contribution in [2.75, 3.05) is 0 Å². The number of aromatic nitrogens is 1. The fourth-order valence-corrected chi connectivity index (χ4v) is 4.00. The summed E-state index contributed by atoms with van der Waals surface area (Å²) in [7, 11) is 0. The maximum Gasteiger partial charge on any atom is 0.348 e. The van der Waals surface area contributed by atoms with E-state index in [1.807, 2.05) is 36.4 Å². The van der Waals surface area contributed by atoms with Crippen LogP contribution in [0.4, 0.5) is 0 Å². The average molecular weight is 295 g/mol. The maximum atomic E-state index is 12.2. The molecule has 0 saturated carbocycles. The van der Waals surface area contributed by atoms with Crippen LogP contribution in [0.2, 0.25) is 0 Å². The molecule has 3 nitrogen and oxygen atoms in total. The molecule has 4 heteroatoms. The largest absolute Gasteiger partial charge is 0.404 e. The van der Waals surface area contributed by atoms with Gasteiger partial charge in [0.1, 0.15) is 10.2 Å². The number of benzene rings is 1. The molecule has 0 aliphatic heterocycles. The van der Waals surface area contributed by atoms with Gasteiger partial charge < -0.3 is 4.42 Å². The van der Waals surface area contributed by atoms with Gasteiger partial charge in [0.25, 0.3) is 0 Å². The van der Waals surface area contributed by atoms with Crippen molar-refractivity contribution in [3.63, 3.8) is 0 Å². The molecular formula is C17H13NO2S. The van der Waals surface area contributed by atoms with Crippen LogP contribution in [0.15, 0.2) is 39.5 Å². The SMILES string of the molecule is O=c1oc(/C=C/c2ccccc2)nc2sc3c(c12)CCC3. The van der Waals surface area contributed by atoms with E-state index in [2.05, 4.69) is 4.98 Å². The first-order valence-electron chi connectivity index (χ1n) is 7.00. The molecule has 21 heavy (non-hydrogen) atoms. The van der Waals surface area contributed by atoms with Crippen LogP contribution < -0.4 is 5.63 Å². The summed E-state index contributed by atoms with van der Waals surface area (Å²) in [6.07, 6.45) is 6.82. The Morgan fingerprint density at radius 1 is 1.14 bits per heavy atom. The highest BCUT2D eigenvalue weighted by Crippen LogP contribution is 2.34. The van der Waals surface area contributed by atoms with Gasteiger partial charge in [-0.3, -0.25) is 0 Å². The van der Waals surface area contributed by atoms with Crippen LogP contribution in [0, 0.1) is 0 Å². The van der Waals surface area contributed by atoms with Crippen LogP contribution in [0.3, 0.4) is 0 Å². The zero-order valence-electron chi connectivity index (χ0n) is 11.3. The second kappa shape index (κ2) is 4.97. The number of aryl methyl sites for hydroxylation is 2. The van der Waals surface area contributed by atoms with Crippen molar-refractivity contribution >= 4 is 33.7 Å². The summed E-state index contributed by atoms with van der Waals surface area (Å²) < 4.78 is 5.35. The summed E-state index contributed by atoms with van der Waals surface area (Å²) in [4.78, 5) is 18.8. The molecule has 0 bridgehead atoms. The average Bonchev–Trinajstić information content (AvgIpc) is 3.06. The predicted molar refractivity (Wildman–Crippen MR) is 85.6 cm³/mol. The highest BCUT2D eigenvalue weighted by molar-refractivity contribution is 7.18. The topological polar surface area (TPSA) is 43.1 Å². The van der Waals surface area contributed by atoms with Crippen LogP contribution in [0.5, 0.6) is 0 Å². The molecule has 0 unspecified atom stereocenters. The number of fused-ring (bicyclic) bond motifs is 3. The van der Waals surface area contributed by atoms with E-state index < -0.39 is 0 Å². The Bertz CT molecular complexity index is 890. The van der Waals surface area contributed by atoms with Gasteiger partial charge in [-0.1, -0.05) is 30.3 Å². The van der Waals surface area contributed by atoms with Crippen LogP contribution in [-0.2, 0) is 12.8 Å². The van der Waals surface area contributed by atoms with Crippen molar-refractivity contribution in [1.29, 1.82) is 0 Å². The van der Waals surface area contributed by atoms with Crippen LogP contribution in [0.25, 0.3) is 22.4 Å². The fourth-order valence-electron chi connectivity index (χ4n) is 2.75. The van der Waals surface area contributed by atoms with Gasteiger partial charge >= 0.3 is 5.63 Å². The van der Waals surface area contributed by atoms with Crippen LogP contribution >= 0.6 is 11.3 Å². The summed E-state index contributed by atoms with van der Waals surface area (Å²) >= 11 is 1.63. The van der Waals surface area contributed by atoms with Crippen molar-refractivity contribution in [1.82, 2.24) is 4.98 Å². The van der Waals surface area contributed by atoms with Crippen molar-refractivity contribution in [3.8, 4) is 0 Å². The molecule has 0 saturated heterocycles. The predicted octanol–water partition coefficient (Wildman–Crippen LogP) is 3.91. The Morgan fingerprint density at radius 3 is 2.86 bits per heavy atom. The molecule has 0 N–H and O–H groups in total. The van der Waals surface area contributed by atoms with Crippen molar-refractivity contribution < 1.29 is 4.42 Å². The molecule has 2 aromatic heterocycles. The van der Waals surface area contributed by atoms with E-state index in [0.717, 1.165) is 35.2 Å². The second-order valence-electron chi connectivity index (χ2n) is 5.12. The minimum absolute atomic E-state index is 0.257. The first-order chi connectivity index (χ1) is 10.3. The van der Waals surface area contributed by atoms with Gasteiger partial charge in [0.15, 0.2) is 0 Å². The number of thiophene rings is 1. The van der Waals surface area contributed by atoms with E-state index in [-0.39, 0.29) is 5.63 Å². The van der Waals surface area contributed by atoms with Crippen molar-refractivity contribution in [2.45, 2.75) is 19.3 Å². The molecule has 4 rings (SSSR count). The summed E-state index contributed by atoms with van der Waals surface area (Å²) in [6, 6.07) is 9.89. The van der Waals surface area contributed by atoms with E-state index in [1.54, 1.807) is 17.4 Å². The van der Waals surface area contributed by atoms with Gasteiger partial charge in [0, 0.05) is 11.0 Å². The van der Waals surface area contributed by atoms with Gasteiger partial charge in [-0.05, 0) is 36.5 Å². The van der Waals surface area contributed by atoms with Gasteiger partial charge in [-0.15, -0.1) is 11.3 Å². The highest BCUT2D eigenvalue weighted by Gasteiger charge is 2.21. The van der Waals surface area contributed by atoms with E-state index in [9.17, 15) is 4.79 Å². The third-order valence-electron chi connectivity index (χ3n) is 3.73. The van der Waals surface area contributed by atoms with E-state index in [4.69, 9.17) is 4.42 Å². The molecule has 2 heterocycles. The van der Waals surface area contributed by atoms with Crippen molar-refractivity contribution in [3.05, 3.63) is 62.6 Å². The summed E-state index contributed by atoms with van der Waals surface area (Å²) in [5.41, 5.74) is 1.96. The van der Waals surface area contributed by atoms with Crippen LogP contribution in [-0.4, -0.2) is 4.98 Å². The van der Waals surface area contributed by atoms with Gasteiger partial charge in [-0.25, -0.2) is 9.78 Å². The summed E-state index contributed by atoms with van der Waals surface area (Å²) in [5, 5.41) is 0.698. The molecule has 0 atom stereocenters. The Morgan fingerprint density at radius 2 is 2.00 bits per heavy atom. The van der Waals surface area contributed by atoms with Crippen molar-refractivity contribution in [2.24, 2.45) is 0 Å². The van der Waals surface area contributed by atoms with Crippen LogP contribution in [0.1, 0.15) is 28.3 Å². The standard InChI is InChI=1S/C17H13NO2S/c19-17-15-12-7-4-8-13(12)21-16(15)18-14(20-17)10-9-11-5-2-1-3-6-11/h1-3,5-6,9-10H,4,7-8H2/b10-9+. The van der Waals surface area contributed by atoms with E-state index in [0.29, 0.717) is 11.3 Å². The molecule has 1 aliphatic rings. The van der Waals surface area contributed by atoms with Gasteiger partial charge in [-0.2, -0.15) is 0 Å². The third-order valence-corrected chi connectivity index (χ3v) is 4.92. The smallest absolute Gasteiger partial charge is 0.348 e. The lowest BCUT2D eigenvalue weighted by Crippen LogP contribution is -2.02. The van der Waals surface area contributed by atoms with Gasteiger partial charge in [0.05, 0.1) is 0 Å². The number of nitrogens with zero attached hydrogens (tertiary/aromatic N) is 1. The summed E-state index contributed by atoms with van der Waals surface area (Å²) in [5.74, 6) is 0.372. The lowest BCUT2D eigenvalue weighted by atomic mass is 10.2. The molecule has 0 radical (unpaired) electrons. The second-order valence-corrected chi connectivity index (χ2v) is 6.20. The normalized spacial score (nSPS) is 14.1. The Kier molecular flexibility index (Phi) is 2.97. The first kappa shape index (κ1) is 12.5. The molecule has 1 aliphatic carbocycles. The van der Waals surface area contributed by atoms with Gasteiger partial charge in [0.2, 0.25) is 5.89 Å². The Hall–Kier alpha value is -2.20. The fraction of sp³-hybridized carbons (Fsp3) is 0.176. The molecule has 0 fully saturated rings. The summed E-state index contributed by atoms with van der Waals surface area (Å²) in [6.45, 7) is 0. The third kappa shape index (κ3) is 2.21. The first-order valence-corrected chi connectivity index (χ1v) is 7.81. The molecule has 1 aromatic carbocycles. The highest BCUT2D eigenvalue weighted by atomic mass is 32.1. The molecule has 104 valence electrons. The quantitative estimate of drug-likeness (QED) is 0.720. The lowest BCUT2D eigenvalue weighted by molar-refractivity contribution is 0.491. The maximum absolute atomic E-state index is 12.2.